The number of carbonyl (C=O) groups excluding carboxylic acids is 1. The largest absolute Gasteiger partial charge is 0.459 e. The van der Waals surface area contributed by atoms with E-state index in [0.717, 1.165) is 5.56 Å². The zero-order chi connectivity index (χ0) is 17.3. The molecule has 0 heterocycles. The van der Waals surface area contributed by atoms with Crippen molar-refractivity contribution in [1.82, 2.24) is 0 Å². The van der Waals surface area contributed by atoms with Gasteiger partial charge < -0.3 is 4.74 Å². The summed E-state index contributed by atoms with van der Waals surface area (Å²) in [5, 5.41) is 0. The van der Waals surface area contributed by atoms with Gasteiger partial charge >= 0.3 is 5.97 Å². The van der Waals surface area contributed by atoms with Crippen LogP contribution >= 0.6 is 0 Å². The molecule has 0 bridgehead atoms. The monoisotopic (exact) mass is 308 g/mol. The molecule has 124 valence electrons. The highest BCUT2D eigenvalue weighted by molar-refractivity contribution is 5.79. The van der Waals surface area contributed by atoms with Gasteiger partial charge in [-0.3, -0.25) is 4.79 Å². The van der Waals surface area contributed by atoms with Crippen LogP contribution < -0.4 is 0 Å². The minimum absolute atomic E-state index is 0.173. The Bertz CT molecular complexity index is 516. The second kappa shape index (κ2) is 6.02. The van der Waals surface area contributed by atoms with Crippen LogP contribution in [-0.2, 0) is 9.53 Å². The van der Waals surface area contributed by atoms with Crippen molar-refractivity contribution in [2.45, 2.75) is 66.9 Å². The summed E-state index contributed by atoms with van der Waals surface area (Å²) in [6.45, 7) is 16.0. The highest BCUT2D eigenvalue weighted by atomic mass is 19.1. The topological polar surface area (TPSA) is 26.3 Å². The van der Waals surface area contributed by atoms with Gasteiger partial charge in [-0.1, -0.05) is 53.7 Å². The van der Waals surface area contributed by atoms with E-state index in [1.807, 2.05) is 55.4 Å². The fraction of sp³-hybridized carbons (Fsp3) is 0.632. The third-order valence-electron chi connectivity index (χ3n) is 4.47. The smallest absolute Gasteiger partial charge is 0.314 e. The minimum atomic E-state index is -0.590. The van der Waals surface area contributed by atoms with Crippen LogP contribution in [0.5, 0.6) is 0 Å². The maximum Gasteiger partial charge on any atom is 0.314 e. The summed E-state index contributed by atoms with van der Waals surface area (Å²) in [6, 6.07) is 6.10. The van der Waals surface area contributed by atoms with Gasteiger partial charge in [0.05, 0.1) is 5.92 Å². The molecule has 2 nitrogen and oxygen atoms in total. The van der Waals surface area contributed by atoms with E-state index >= 15 is 0 Å². The maximum absolute atomic E-state index is 13.2. The molecule has 0 aliphatic carbocycles. The van der Waals surface area contributed by atoms with Crippen molar-refractivity contribution < 1.29 is 13.9 Å². The molecule has 0 amide bonds. The van der Waals surface area contributed by atoms with E-state index in [4.69, 9.17) is 4.74 Å². The van der Waals surface area contributed by atoms with E-state index in [9.17, 15) is 9.18 Å². The standard InChI is InChI=1S/C19H29FO2/c1-17(2,3)15(13-9-11-14(20)12-10-13)16(21)22-19(7,8)18(4,5)6/h9-12,15H,1-8H3/t15-/m0/s1. The summed E-state index contributed by atoms with van der Waals surface area (Å²) < 4.78 is 19.0. The molecule has 1 atom stereocenters. The summed E-state index contributed by atoms with van der Waals surface area (Å²) in [5.74, 6) is -1.01. The van der Waals surface area contributed by atoms with E-state index < -0.39 is 11.5 Å². The lowest BCUT2D eigenvalue weighted by atomic mass is 9.75. The molecule has 0 aromatic heterocycles. The lowest BCUT2D eigenvalue weighted by Crippen LogP contribution is -2.43. The Morgan fingerprint density at radius 2 is 1.41 bits per heavy atom. The summed E-state index contributed by atoms with van der Waals surface area (Å²) in [4.78, 5) is 12.8. The van der Waals surface area contributed by atoms with Crippen LogP contribution in [0.25, 0.3) is 0 Å². The summed E-state index contributed by atoms with van der Waals surface area (Å²) in [7, 11) is 0. The van der Waals surface area contributed by atoms with Gasteiger partial charge in [0.2, 0.25) is 0 Å². The number of halogens is 1. The number of hydrogen-bond acceptors (Lipinski definition) is 2. The molecule has 3 heteroatoms. The molecular formula is C19H29FO2. The van der Waals surface area contributed by atoms with E-state index in [0.29, 0.717) is 0 Å². The molecule has 0 saturated carbocycles. The molecule has 0 aliphatic rings. The highest BCUT2D eigenvalue weighted by Crippen LogP contribution is 2.40. The normalized spacial score (nSPS) is 14.6. The number of rotatable bonds is 3. The van der Waals surface area contributed by atoms with Crippen LogP contribution in [0, 0.1) is 16.6 Å². The van der Waals surface area contributed by atoms with E-state index in [1.54, 1.807) is 12.1 Å². The molecule has 0 saturated heterocycles. The molecule has 0 spiro atoms. The van der Waals surface area contributed by atoms with E-state index in [1.165, 1.54) is 12.1 Å². The molecule has 0 fully saturated rings. The van der Waals surface area contributed by atoms with Gasteiger partial charge in [0.1, 0.15) is 11.4 Å². The molecule has 0 unspecified atom stereocenters. The molecule has 0 radical (unpaired) electrons. The number of carbonyl (C=O) groups is 1. The van der Waals surface area contributed by atoms with Crippen LogP contribution in [0.15, 0.2) is 24.3 Å². The average Bonchev–Trinajstić information content (AvgIpc) is 2.28. The van der Waals surface area contributed by atoms with Gasteiger partial charge in [-0.2, -0.15) is 0 Å². The first-order valence-electron chi connectivity index (χ1n) is 7.74. The van der Waals surface area contributed by atoms with Crippen LogP contribution in [0.1, 0.15) is 66.9 Å². The Morgan fingerprint density at radius 1 is 0.955 bits per heavy atom. The fourth-order valence-corrected chi connectivity index (χ4v) is 2.11. The molecule has 22 heavy (non-hydrogen) atoms. The number of benzene rings is 1. The lowest BCUT2D eigenvalue weighted by Gasteiger charge is -2.40. The van der Waals surface area contributed by atoms with Crippen molar-refractivity contribution in [2.75, 3.05) is 0 Å². The van der Waals surface area contributed by atoms with Crippen LogP contribution in [-0.4, -0.2) is 11.6 Å². The van der Waals surface area contributed by atoms with Crippen molar-refractivity contribution in [1.29, 1.82) is 0 Å². The van der Waals surface area contributed by atoms with Crippen LogP contribution in [0.3, 0.4) is 0 Å². The molecule has 1 aromatic rings. The van der Waals surface area contributed by atoms with Crippen LogP contribution in [0.4, 0.5) is 4.39 Å². The van der Waals surface area contributed by atoms with Crippen molar-refractivity contribution in [3.8, 4) is 0 Å². The molecule has 1 aromatic carbocycles. The molecular weight excluding hydrogens is 279 g/mol. The van der Waals surface area contributed by atoms with Gasteiger partial charge in [0.15, 0.2) is 0 Å². The van der Waals surface area contributed by atoms with Crippen LogP contribution in [0.2, 0.25) is 0 Å². The SMILES string of the molecule is CC(C)(C)[C@H](C(=O)OC(C)(C)C(C)(C)C)c1ccc(F)cc1. The van der Waals surface area contributed by atoms with Gasteiger partial charge in [-0.25, -0.2) is 4.39 Å². The van der Waals surface area contributed by atoms with Gasteiger partial charge in [-0.05, 0) is 37.0 Å². The predicted molar refractivity (Wildman–Crippen MR) is 88.2 cm³/mol. The fourth-order valence-electron chi connectivity index (χ4n) is 2.11. The first-order valence-corrected chi connectivity index (χ1v) is 7.74. The second-order valence-electron chi connectivity index (χ2n) is 8.53. The Labute approximate surface area is 134 Å². The average molecular weight is 308 g/mol. The van der Waals surface area contributed by atoms with Crippen molar-refractivity contribution in [2.24, 2.45) is 10.8 Å². The third kappa shape index (κ3) is 4.31. The van der Waals surface area contributed by atoms with Crippen molar-refractivity contribution in [3.05, 3.63) is 35.6 Å². The van der Waals surface area contributed by atoms with Gasteiger partial charge in [0, 0.05) is 5.41 Å². The zero-order valence-electron chi connectivity index (χ0n) is 15.1. The molecule has 0 N–H and O–H groups in total. The van der Waals surface area contributed by atoms with Gasteiger partial charge in [-0.15, -0.1) is 0 Å². The minimum Gasteiger partial charge on any atom is -0.459 e. The first kappa shape index (κ1) is 18.7. The van der Waals surface area contributed by atoms with E-state index in [2.05, 4.69) is 0 Å². The zero-order valence-corrected chi connectivity index (χ0v) is 15.1. The quantitative estimate of drug-likeness (QED) is 0.706. The van der Waals surface area contributed by atoms with Crippen molar-refractivity contribution in [3.63, 3.8) is 0 Å². The number of ether oxygens (including phenoxy) is 1. The Balaban J connectivity index is 3.14. The number of hydrogen-bond donors (Lipinski definition) is 0. The molecule has 0 aliphatic heterocycles. The molecule has 1 rings (SSSR count). The second-order valence-corrected chi connectivity index (χ2v) is 8.53. The highest BCUT2D eigenvalue weighted by Gasteiger charge is 2.41. The van der Waals surface area contributed by atoms with E-state index in [-0.39, 0.29) is 22.6 Å². The first-order chi connectivity index (χ1) is 9.75. The Hall–Kier alpha value is -1.38. The van der Waals surface area contributed by atoms with Crippen molar-refractivity contribution >= 4 is 5.97 Å². The number of esters is 1. The summed E-state index contributed by atoms with van der Waals surface area (Å²) in [6.07, 6.45) is 0. The Kier molecular flexibility index (Phi) is 5.11. The summed E-state index contributed by atoms with van der Waals surface area (Å²) in [5.41, 5.74) is -0.298. The predicted octanol–water partition coefficient (Wildman–Crippen LogP) is 5.32. The Morgan fingerprint density at radius 3 is 1.77 bits per heavy atom. The lowest BCUT2D eigenvalue weighted by molar-refractivity contribution is -0.171. The maximum atomic E-state index is 13.2. The third-order valence-corrected chi connectivity index (χ3v) is 4.47. The summed E-state index contributed by atoms with van der Waals surface area (Å²) >= 11 is 0. The van der Waals surface area contributed by atoms with Gasteiger partial charge in [0.25, 0.3) is 0 Å².